The molecule has 1 saturated heterocycles. The largest absolute Gasteiger partial charge is 0.357 e. The first kappa shape index (κ1) is 24.2. The number of hydrogen-bond donors (Lipinski definition) is 2. The molecule has 30 heavy (non-hydrogen) atoms. The third-order valence-corrected chi connectivity index (χ3v) is 5.40. The Kier molecular flexibility index (Phi) is 9.61. The summed E-state index contributed by atoms with van der Waals surface area (Å²) in [5.41, 5.74) is 2.04. The number of piperidine rings is 1. The van der Waals surface area contributed by atoms with Gasteiger partial charge in [-0.2, -0.15) is 0 Å². The molecule has 1 aliphatic heterocycles. The average molecular weight is 524 g/mol. The van der Waals surface area contributed by atoms with Crippen molar-refractivity contribution in [3.05, 3.63) is 48.5 Å². The standard InChI is InChI=1S/C22H32N6O.HI/c1-4-24-22(25-11-9-19-5-7-20(8-6-19)26-18(3)29)27-13-10-17(2)21(15-27)28-14-12-23-16-28;/h5-8,12,14,16-17,21H,4,9-11,13,15H2,1-3H3,(H,24,25)(H,26,29);1H. The number of carbonyl (C=O) groups is 1. The van der Waals surface area contributed by atoms with Crippen LogP contribution in [0.5, 0.6) is 0 Å². The van der Waals surface area contributed by atoms with Gasteiger partial charge in [0.1, 0.15) is 0 Å². The number of anilines is 1. The van der Waals surface area contributed by atoms with E-state index in [1.165, 1.54) is 12.5 Å². The lowest BCUT2D eigenvalue weighted by atomic mass is 9.93. The van der Waals surface area contributed by atoms with Gasteiger partial charge in [-0.3, -0.25) is 9.79 Å². The highest BCUT2D eigenvalue weighted by molar-refractivity contribution is 14.0. The van der Waals surface area contributed by atoms with Crippen molar-refractivity contribution in [1.29, 1.82) is 0 Å². The van der Waals surface area contributed by atoms with Crippen molar-refractivity contribution >= 4 is 41.5 Å². The fourth-order valence-corrected chi connectivity index (χ4v) is 3.77. The quantitative estimate of drug-likeness (QED) is 0.345. The summed E-state index contributed by atoms with van der Waals surface area (Å²) in [6, 6.07) is 8.38. The van der Waals surface area contributed by atoms with Crippen molar-refractivity contribution in [3.8, 4) is 0 Å². The van der Waals surface area contributed by atoms with E-state index in [1.807, 2.05) is 36.8 Å². The SMILES string of the molecule is CCNC(=NCCc1ccc(NC(C)=O)cc1)N1CCC(C)C(n2ccnc2)C1.I. The van der Waals surface area contributed by atoms with E-state index in [0.717, 1.165) is 50.7 Å². The normalized spacial score (nSPS) is 19.2. The van der Waals surface area contributed by atoms with Gasteiger partial charge in [0, 0.05) is 51.2 Å². The van der Waals surface area contributed by atoms with E-state index in [-0.39, 0.29) is 29.9 Å². The summed E-state index contributed by atoms with van der Waals surface area (Å²) in [5.74, 6) is 1.55. The molecule has 0 radical (unpaired) electrons. The minimum absolute atomic E-state index is 0. The predicted octanol–water partition coefficient (Wildman–Crippen LogP) is 3.55. The molecule has 2 heterocycles. The fourth-order valence-electron chi connectivity index (χ4n) is 3.77. The van der Waals surface area contributed by atoms with Gasteiger partial charge in [0.25, 0.3) is 0 Å². The van der Waals surface area contributed by atoms with Crippen LogP contribution in [-0.2, 0) is 11.2 Å². The van der Waals surface area contributed by atoms with E-state index in [9.17, 15) is 4.79 Å². The molecular weight excluding hydrogens is 491 g/mol. The van der Waals surface area contributed by atoms with Crippen molar-refractivity contribution in [2.45, 2.75) is 39.7 Å². The van der Waals surface area contributed by atoms with E-state index in [0.29, 0.717) is 12.0 Å². The monoisotopic (exact) mass is 524 g/mol. The number of hydrogen-bond acceptors (Lipinski definition) is 3. The number of nitrogens with zero attached hydrogens (tertiary/aromatic N) is 4. The number of aromatic nitrogens is 2. The Bertz CT molecular complexity index is 806. The third-order valence-electron chi connectivity index (χ3n) is 5.40. The van der Waals surface area contributed by atoms with Crippen molar-refractivity contribution < 1.29 is 4.79 Å². The maximum atomic E-state index is 11.1. The molecule has 1 aromatic carbocycles. The van der Waals surface area contributed by atoms with Crippen LogP contribution in [0, 0.1) is 5.92 Å². The van der Waals surface area contributed by atoms with Gasteiger partial charge < -0.3 is 20.1 Å². The smallest absolute Gasteiger partial charge is 0.221 e. The van der Waals surface area contributed by atoms with Crippen LogP contribution in [0.1, 0.15) is 38.8 Å². The Morgan fingerprint density at radius 3 is 2.70 bits per heavy atom. The molecule has 2 N–H and O–H groups in total. The third kappa shape index (κ3) is 6.72. The second-order valence-corrected chi connectivity index (χ2v) is 7.65. The van der Waals surface area contributed by atoms with Crippen LogP contribution >= 0.6 is 24.0 Å². The number of nitrogens with one attached hydrogen (secondary N) is 2. The zero-order valence-corrected chi connectivity index (χ0v) is 20.4. The van der Waals surface area contributed by atoms with Crippen LogP contribution in [-0.4, -0.2) is 52.5 Å². The number of rotatable bonds is 6. The Morgan fingerprint density at radius 2 is 2.07 bits per heavy atom. The highest BCUT2D eigenvalue weighted by Gasteiger charge is 2.28. The lowest BCUT2D eigenvalue weighted by molar-refractivity contribution is -0.114. The summed E-state index contributed by atoms with van der Waals surface area (Å²) in [6.45, 7) is 9.48. The Morgan fingerprint density at radius 1 is 1.30 bits per heavy atom. The molecule has 2 unspecified atom stereocenters. The molecule has 0 aliphatic carbocycles. The van der Waals surface area contributed by atoms with Crippen molar-refractivity contribution in [2.75, 3.05) is 31.5 Å². The number of carbonyl (C=O) groups excluding carboxylic acids is 1. The van der Waals surface area contributed by atoms with E-state index in [4.69, 9.17) is 4.99 Å². The maximum absolute atomic E-state index is 11.1. The predicted molar refractivity (Wildman–Crippen MR) is 132 cm³/mol. The van der Waals surface area contributed by atoms with Crippen LogP contribution in [0.2, 0.25) is 0 Å². The molecule has 164 valence electrons. The summed E-state index contributed by atoms with van der Waals surface area (Å²) in [5, 5.41) is 6.25. The number of imidazole rings is 1. The number of aliphatic imine (C=N–C) groups is 1. The van der Waals surface area contributed by atoms with Crippen LogP contribution in [0.3, 0.4) is 0 Å². The molecule has 2 atom stereocenters. The molecule has 1 fully saturated rings. The van der Waals surface area contributed by atoms with Gasteiger partial charge in [-0.15, -0.1) is 24.0 Å². The molecule has 2 aromatic rings. The minimum atomic E-state index is -0.0533. The van der Waals surface area contributed by atoms with Gasteiger partial charge in [0.15, 0.2) is 5.96 Å². The Balaban J connectivity index is 0.00000320. The van der Waals surface area contributed by atoms with Crippen LogP contribution in [0.15, 0.2) is 48.0 Å². The van der Waals surface area contributed by atoms with Crippen LogP contribution in [0.25, 0.3) is 0 Å². The van der Waals surface area contributed by atoms with Crippen LogP contribution in [0.4, 0.5) is 5.69 Å². The first-order chi connectivity index (χ1) is 14.1. The molecule has 0 bridgehead atoms. The summed E-state index contributed by atoms with van der Waals surface area (Å²) >= 11 is 0. The van der Waals surface area contributed by atoms with E-state index < -0.39 is 0 Å². The Labute approximate surface area is 196 Å². The van der Waals surface area contributed by atoms with Gasteiger partial charge in [0.2, 0.25) is 5.91 Å². The van der Waals surface area contributed by atoms with Crippen molar-refractivity contribution in [2.24, 2.45) is 10.9 Å². The number of likely N-dealkylation sites (tertiary alicyclic amines) is 1. The summed E-state index contributed by atoms with van der Waals surface area (Å²) in [7, 11) is 0. The first-order valence-corrected chi connectivity index (χ1v) is 10.4. The van der Waals surface area contributed by atoms with Crippen molar-refractivity contribution in [3.63, 3.8) is 0 Å². The molecule has 7 nitrogen and oxygen atoms in total. The molecule has 3 rings (SSSR count). The highest BCUT2D eigenvalue weighted by atomic mass is 127. The van der Waals surface area contributed by atoms with Gasteiger partial charge in [-0.1, -0.05) is 19.1 Å². The highest BCUT2D eigenvalue weighted by Crippen LogP contribution is 2.27. The fraction of sp³-hybridized carbons (Fsp3) is 0.500. The second-order valence-electron chi connectivity index (χ2n) is 7.65. The number of halogens is 1. The number of guanidine groups is 1. The maximum Gasteiger partial charge on any atom is 0.221 e. The van der Waals surface area contributed by atoms with Gasteiger partial charge in [0.05, 0.1) is 12.4 Å². The van der Waals surface area contributed by atoms with E-state index >= 15 is 0 Å². The number of amides is 1. The molecule has 1 aliphatic rings. The molecule has 0 saturated carbocycles. The zero-order chi connectivity index (χ0) is 20.6. The summed E-state index contributed by atoms with van der Waals surface area (Å²) in [4.78, 5) is 22.6. The average Bonchev–Trinajstić information content (AvgIpc) is 3.23. The van der Waals surface area contributed by atoms with Gasteiger partial charge in [-0.05, 0) is 43.4 Å². The molecule has 8 heteroatoms. The van der Waals surface area contributed by atoms with E-state index in [2.05, 4.69) is 45.1 Å². The van der Waals surface area contributed by atoms with Gasteiger partial charge >= 0.3 is 0 Å². The molecular formula is C22H33IN6O. The zero-order valence-electron chi connectivity index (χ0n) is 18.0. The molecule has 0 spiro atoms. The van der Waals surface area contributed by atoms with Crippen LogP contribution < -0.4 is 10.6 Å². The first-order valence-electron chi connectivity index (χ1n) is 10.4. The lowest BCUT2D eigenvalue weighted by Gasteiger charge is -2.39. The summed E-state index contributed by atoms with van der Waals surface area (Å²) < 4.78 is 2.22. The van der Waals surface area contributed by atoms with Crippen molar-refractivity contribution in [1.82, 2.24) is 19.8 Å². The van der Waals surface area contributed by atoms with E-state index in [1.54, 1.807) is 0 Å². The molecule has 1 amide bonds. The van der Waals surface area contributed by atoms with Gasteiger partial charge in [-0.25, -0.2) is 4.98 Å². The molecule has 1 aromatic heterocycles. The Hall–Kier alpha value is -2.10. The minimum Gasteiger partial charge on any atom is -0.357 e. The lowest BCUT2D eigenvalue weighted by Crippen LogP contribution is -2.49. The summed E-state index contributed by atoms with van der Waals surface area (Å²) in [6.07, 6.45) is 7.82. The second kappa shape index (κ2) is 11.9. The topological polar surface area (TPSA) is 74.6 Å². The number of benzene rings is 1.